The molecule has 0 aliphatic carbocycles. The van der Waals surface area contributed by atoms with Gasteiger partial charge in [-0.1, -0.05) is 0 Å². The number of nitrogens with zero attached hydrogens (tertiary/aromatic N) is 2. The van der Waals surface area contributed by atoms with Gasteiger partial charge in [-0.15, -0.1) is 0 Å². The zero-order valence-corrected chi connectivity index (χ0v) is 10.4. The minimum atomic E-state index is -0.0500. The van der Waals surface area contributed by atoms with Crippen LogP contribution in [0.15, 0.2) is 18.2 Å². The molecule has 4 heteroatoms. The molecule has 0 atom stereocenters. The molecule has 4 nitrogen and oxygen atoms in total. The molecular formula is C13H17N3O. The number of benzene rings is 1. The average Bonchev–Trinajstić information content (AvgIpc) is 2.34. The predicted octanol–water partition coefficient (Wildman–Crippen LogP) is 2.02. The lowest BCUT2D eigenvalue weighted by molar-refractivity contribution is 0.0798. The van der Waals surface area contributed by atoms with Gasteiger partial charge in [-0.05, 0) is 30.7 Å². The summed E-state index contributed by atoms with van der Waals surface area (Å²) in [6, 6.07) is 7.57. The highest BCUT2D eigenvalue weighted by Gasteiger charge is 2.11. The van der Waals surface area contributed by atoms with Gasteiger partial charge >= 0.3 is 0 Å². The molecule has 1 rings (SSSR count). The number of amides is 1. The number of carbonyl (C=O) groups excluding carboxylic acids is 1. The largest absolute Gasteiger partial charge is 0.388 e. The van der Waals surface area contributed by atoms with E-state index in [0.717, 1.165) is 11.3 Å². The molecule has 90 valence electrons. The number of carbonyl (C=O) groups is 1. The van der Waals surface area contributed by atoms with Crippen LogP contribution in [0.25, 0.3) is 0 Å². The molecule has 0 spiro atoms. The van der Waals surface area contributed by atoms with Crippen molar-refractivity contribution < 1.29 is 4.79 Å². The molecule has 0 unspecified atom stereocenters. The topological polar surface area (TPSA) is 56.1 Å². The van der Waals surface area contributed by atoms with E-state index in [1.807, 2.05) is 32.2 Å². The molecule has 0 aromatic heterocycles. The Hall–Kier alpha value is -2.02. The van der Waals surface area contributed by atoms with E-state index in [-0.39, 0.29) is 5.91 Å². The van der Waals surface area contributed by atoms with Crippen molar-refractivity contribution in [2.45, 2.75) is 13.3 Å². The normalized spacial score (nSPS) is 9.53. The van der Waals surface area contributed by atoms with Crippen molar-refractivity contribution in [3.05, 3.63) is 29.3 Å². The van der Waals surface area contributed by atoms with Crippen molar-refractivity contribution in [1.29, 1.82) is 5.26 Å². The van der Waals surface area contributed by atoms with Crippen LogP contribution in [0.2, 0.25) is 0 Å². The fourth-order valence-electron chi connectivity index (χ4n) is 1.62. The summed E-state index contributed by atoms with van der Waals surface area (Å²) in [4.78, 5) is 13.6. The summed E-state index contributed by atoms with van der Waals surface area (Å²) < 4.78 is 0. The quantitative estimate of drug-likeness (QED) is 0.862. The van der Waals surface area contributed by atoms with E-state index in [1.54, 1.807) is 18.0 Å². The molecule has 0 heterocycles. The van der Waals surface area contributed by atoms with Crippen molar-refractivity contribution in [2.24, 2.45) is 0 Å². The number of hydrogen-bond donors (Lipinski definition) is 1. The number of aryl methyl sites for hydroxylation is 1. The Morgan fingerprint density at radius 3 is 2.76 bits per heavy atom. The molecule has 1 N–H and O–H groups in total. The number of anilines is 1. The van der Waals surface area contributed by atoms with Gasteiger partial charge in [0.2, 0.25) is 0 Å². The van der Waals surface area contributed by atoms with Crippen LogP contribution in [0, 0.1) is 18.3 Å². The summed E-state index contributed by atoms with van der Waals surface area (Å²) in [6.45, 7) is 2.42. The molecule has 0 aliphatic heterocycles. The summed E-state index contributed by atoms with van der Waals surface area (Å²) >= 11 is 0. The molecule has 0 saturated carbocycles. The Morgan fingerprint density at radius 2 is 2.24 bits per heavy atom. The Morgan fingerprint density at radius 1 is 1.53 bits per heavy atom. The zero-order chi connectivity index (χ0) is 12.8. The summed E-state index contributed by atoms with van der Waals surface area (Å²) in [5.74, 6) is -0.0500. The van der Waals surface area contributed by atoms with Gasteiger partial charge in [0, 0.05) is 31.9 Å². The predicted molar refractivity (Wildman–Crippen MR) is 67.9 cm³/mol. The van der Waals surface area contributed by atoms with E-state index in [9.17, 15) is 4.79 Å². The third-order valence-electron chi connectivity index (χ3n) is 2.65. The fraction of sp³-hybridized carbons (Fsp3) is 0.385. The van der Waals surface area contributed by atoms with Gasteiger partial charge in [0.15, 0.2) is 0 Å². The van der Waals surface area contributed by atoms with Gasteiger partial charge in [0.05, 0.1) is 12.5 Å². The second kappa shape index (κ2) is 5.90. The van der Waals surface area contributed by atoms with Gasteiger partial charge in [-0.25, -0.2) is 0 Å². The lowest BCUT2D eigenvalue weighted by Gasteiger charge is -2.16. The molecule has 1 amide bonds. The van der Waals surface area contributed by atoms with E-state index in [0.29, 0.717) is 18.5 Å². The highest BCUT2D eigenvalue weighted by Crippen LogP contribution is 2.16. The van der Waals surface area contributed by atoms with Crippen molar-refractivity contribution in [3.8, 4) is 6.07 Å². The number of hydrogen-bond acceptors (Lipinski definition) is 3. The molecule has 17 heavy (non-hydrogen) atoms. The SMILES string of the molecule is CNc1ccc(C(=O)N(C)CCC#N)cc1C. The van der Waals surface area contributed by atoms with E-state index in [2.05, 4.69) is 5.32 Å². The van der Waals surface area contributed by atoms with Crippen molar-refractivity contribution >= 4 is 11.6 Å². The van der Waals surface area contributed by atoms with Gasteiger partial charge in [0.1, 0.15) is 0 Å². The fourth-order valence-corrected chi connectivity index (χ4v) is 1.62. The highest BCUT2D eigenvalue weighted by molar-refractivity contribution is 5.94. The Balaban J connectivity index is 2.83. The highest BCUT2D eigenvalue weighted by atomic mass is 16.2. The molecule has 0 aliphatic rings. The average molecular weight is 231 g/mol. The second-order valence-corrected chi connectivity index (χ2v) is 3.91. The minimum absolute atomic E-state index is 0.0500. The van der Waals surface area contributed by atoms with Crippen LogP contribution in [0.3, 0.4) is 0 Å². The molecule has 1 aromatic rings. The number of nitrogens with one attached hydrogen (secondary N) is 1. The van der Waals surface area contributed by atoms with E-state index in [1.165, 1.54) is 0 Å². The summed E-state index contributed by atoms with van der Waals surface area (Å²) in [5.41, 5.74) is 2.70. The first-order valence-electron chi connectivity index (χ1n) is 5.51. The van der Waals surface area contributed by atoms with E-state index in [4.69, 9.17) is 5.26 Å². The van der Waals surface area contributed by atoms with Gasteiger partial charge in [-0.2, -0.15) is 5.26 Å². The van der Waals surface area contributed by atoms with Crippen LogP contribution >= 0.6 is 0 Å². The third-order valence-corrected chi connectivity index (χ3v) is 2.65. The Bertz CT molecular complexity index is 448. The van der Waals surface area contributed by atoms with E-state index >= 15 is 0 Å². The molecule has 1 aromatic carbocycles. The monoisotopic (exact) mass is 231 g/mol. The maximum atomic E-state index is 12.0. The molecule has 0 fully saturated rings. The molecule has 0 saturated heterocycles. The standard InChI is InChI=1S/C13H17N3O/c1-10-9-11(5-6-12(10)15-2)13(17)16(3)8-4-7-14/h5-6,9,15H,4,8H2,1-3H3. The van der Waals surface area contributed by atoms with Crippen LogP contribution in [0.4, 0.5) is 5.69 Å². The Kier molecular flexibility index (Phi) is 4.53. The van der Waals surface area contributed by atoms with Crippen LogP contribution in [0.5, 0.6) is 0 Å². The summed E-state index contributed by atoms with van der Waals surface area (Å²) in [5, 5.41) is 11.5. The van der Waals surface area contributed by atoms with Gasteiger partial charge < -0.3 is 10.2 Å². The van der Waals surface area contributed by atoms with Crippen LogP contribution in [-0.4, -0.2) is 31.4 Å². The number of nitriles is 1. The van der Waals surface area contributed by atoms with Gasteiger partial charge in [0.25, 0.3) is 5.91 Å². The smallest absolute Gasteiger partial charge is 0.253 e. The van der Waals surface area contributed by atoms with Crippen LogP contribution in [-0.2, 0) is 0 Å². The first-order chi connectivity index (χ1) is 8.10. The van der Waals surface area contributed by atoms with E-state index < -0.39 is 0 Å². The van der Waals surface area contributed by atoms with Gasteiger partial charge in [-0.3, -0.25) is 4.79 Å². The summed E-state index contributed by atoms with van der Waals surface area (Å²) in [6.07, 6.45) is 0.357. The first-order valence-corrected chi connectivity index (χ1v) is 5.51. The maximum Gasteiger partial charge on any atom is 0.253 e. The lowest BCUT2D eigenvalue weighted by Crippen LogP contribution is -2.27. The Labute approximate surface area is 102 Å². The first kappa shape index (κ1) is 13.0. The van der Waals surface area contributed by atoms with Crippen molar-refractivity contribution in [1.82, 2.24) is 4.90 Å². The van der Waals surface area contributed by atoms with Crippen molar-refractivity contribution in [2.75, 3.05) is 26.0 Å². The molecule has 0 bridgehead atoms. The number of rotatable bonds is 4. The molecule has 0 radical (unpaired) electrons. The zero-order valence-electron chi connectivity index (χ0n) is 10.4. The molecular weight excluding hydrogens is 214 g/mol. The lowest BCUT2D eigenvalue weighted by atomic mass is 10.1. The summed E-state index contributed by atoms with van der Waals surface area (Å²) in [7, 11) is 3.56. The maximum absolute atomic E-state index is 12.0. The third kappa shape index (κ3) is 3.22. The second-order valence-electron chi connectivity index (χ2n) is 3.91. The van der Waals surface area contributed by atoms with Crippen molar-refractivity contribution in [3.63, 3.8) is 0 Å². The van der Waals surface area contributed by atoms with Crippen LogP contribution < -0.4 is 5.32 Å². The van der Waals surface area contributed by atoms with Crippen LogP contribution in [0.1, 0.15) is 22.3 Å². The minimum Gasteiger partial charge on any atom is -0.388 e.